The summed E-state index contributed by atoms with van der Waals surface area (Å²) in [6.07, 6.45) is 3.05. The van der Waals surface area contributed by atoms with Gasteiger partial charge in [0.15, 0.2) is 0 Å². The van der Waals surface area contributed by atoms with E-state index in [4.69, 9.17) is 4.74 Å². The van der Waals surface area contributed by atoms with Crippen molar-refractivity contribution in [2.45, 2.75) is 6.54 Å². The molecule has 0 aliphatic rings. The Bertz CT molecular complexity index is 758. The minimum Gasteiger partial charge on any atom is -0.439 e. The molecule has 7 nitrogen and oxygen atoms in total. The Labute approximate surface area is 125 Å². The van der Waals surface area contributed by atoms with E-state index in [1.165, 1.54) is 30.6 Å². The lowest BCUT2D eigenvalue weighted by Crippen LogP contribution is -2.09. The highest BCUT2D eigenvalue weighted by atomic mass is 19.1. The van der Waals surface area contributed by atoms with Crippen LogP contribution in [-0.4, -0.2) is 24.7 Å². The third-order valence-electron chi connectivity index (χ3n) is 2.88. The van der Waals surface area contributed by atoms with Gasteiger partial charge in [0, 0.05) is 19.3 Å². The predicted molar refractivity (Wildman–Crippen MR) is 76.8 cm³/mol. The number of nitrogens with one attached hydrogen (secondary N) is 1. The molecule has 0 aliphatic carbocycles. The van der Waals surface area contributed by atoms with E-state index in [0.717, 1.165) is 5.82 Å². The third-order valence-corrected chi connectivity index (χ3v) is 2.88. The van der Waals surface area contributed by atoms with Gasteiger partial charge in [-0.05, 0) is 24.3 Å². The van der Waals surface area contributed by atoms with E-state index in [1.54, 1.807) is 24.0 Å². The van der Waals surface area contributed by atoms with Crippen molar-refractivity contribution in [1.82, 2.24) is 24.7 Å². The summed E-state index contributed by atoms with van der Waals surface area (Å²) < 4.78 is 20.1. The fourth-order valence-corrected chi connectivity index (χ4v) is 1.75. The molecule has 3 aromatic rings. The number of rotatable bonds is 5. The summed E-state index contributed by atoms with van der Waals surface area (Å²) in [5.41, 5.74) is 0. The number of aryl methyl sites for hydroxylation is 1. The van der Waals surface area contributed by atoms with Crippen LogP contribution in [0.3, 0.4) is 0 Å². The van der Waals surface area contributed by atoms with Gasteiger partial charge in [0.1, 0.15) is 23.7 Å². The van der Waals surface area contributed by atoms with Crippen LogP contribution in [0.1, 0.15) is 5.82 Å². The molecule has 0 saturated carbocycles. The fraction of sp³-hybridized carbons (Fsp3) is 0.143. The highest BCUT2D eigenvalue weighted by Crippen LogP contribution is 2.20. The molecule has 1 aromatic carbocycles. The van der Waals surface area contributed by atoms with Crippen molar-refractivity contribution in [3.63, 3.8) is 0 Å². The molecule has 0 radical (unpaired) electrons. The second-order valence-corrected chi connectivity index (χ2v) is 4.43. The second-order valence-electron chi connectivity index (χ2n) is 4.43. The lowest BCUT2D eigenvalue weighted by molar-refractivity contribution is 0.460. The molecule has 0 fully saturated rings. The minimum atomic E-state index is -0.318. The van der Waals surface area contributed by atoms with Gasteiger partial charge in [-0.3, -0.25) is 4.68 Å². The maximum Gasteiger partial charge on any atom is 0.226 e. The molecule has 2 aromatic heterocycles. The number of ether oxygens (including phenoxy) is 1. The van der Waals surface area contributed by atoms with E-state index in [9.17, 15) is 4.39 Å². The Hall–Kier alpha value is -3.03. The van der Waals surface area contributed by atoms with Crippen molar-refractivity contribution >= 4 is 5.95 Å². The first kappa shape index (κ1) is 13.9. The average Bonchev–Trinajstić information content (AvgIpc) is 2.93. The summed E-state index contributed by atoms with van der Waals surface area (Å²) in [6, 6.07) is 7.33. The molecule has 8 heteroatoms. The van der Waals surface area contributed by atoms with Gasteiger partial charge in [0.2, 0.25) is 11.8 Å². The van der Waals surface area contributed by atoms with Crippen LogP contribution < -0.4 is 10.1 Å². The van der Waals surface area contributed by atoms with Crippen molar-refractivity contribution < 1.29 is 9.13 Å². The molecule has 1 N–H and O–H groups in total. The van der Waals surface area contributed by atoms with Crippen LogP contribution in [0.2, 0.25) is 0 Å². The SMILES string of the molecule is Cn1ncnc1CNc1nccc(Oc2ccc(F)cc2)n1. The number of halogens is 1. The molecule has 3 rings (SSSR count). The standard InChI is InChI=1S/C14H13FN6O/c1-21-12(18-9-19-21)8-17-14-16-7-6-13(20-14)22-11-4-2-10(15)3-5-11/h2-7,9H,8H2,1H3,(H,16,17,20). The average molecular weight is 300 g/mol. The normalized spacial score (nSPS) is 10.5. The van der Waals surface area contributed by atoms with E-state index < -0.39 is 0 Å². The van der Waals surface area contributed by atoms with Crippen LogP contribution in [-0.2, 0) is 13.6 Å². The first-order chi connectivity index (χ1) is 10.7. The van der Waals surface area contributed by atoms with Gasteiger partial charge in [-0.1, -0.05) is 0 Å². The molecule has 112 valence electrons. The van der Waals surface area contributed by atoms with Gasteiger partial charge >= 0.3 is 0 Å². The lowest BCUT2D eigenvalue weighted by atomic mass is 10.3. The molecule has 0 unspecified atom stereocenters. The second kappa shape index (κ2) is 6.17. The number of nitrogens with zero attached hydrogens (tertiary/aromatic N) is 5. The molecule has 22 heavy (non-hydrogen) atoms. The summed E-state index contributed by atoms with van der Waals surface area (Å²) in [4.78, 5) is 12.4. The van der Waals surface area contributed by atoms with Gasteiger partial charge in [-0.15, -0.1) is 0 Å². The first-order valence-corrected chi connectivity index (χ1v) is 6.54. The van der Waals surface area contributed by atoms with Crippen LogP contribution >= 0.6 is 0 Å². The van der Waals surface area contributed by atoms with Crippen LogP contribution in [0.4, 0.5) is 10.3 Å². The zero-order chi connectivity index (χ0) is 15.4. The first-order valence-electron chi connectivity index (χ1n) is 6.54. The quantitative estimate of drug-likeness (QED) is 0.778. The number of aromatic nitrogens is 5. The Balaban J connectivity index is 1.67. The number of benzene rings is 1. The monoisotopic (exact) mass is 300 g/mol. The van der Waals surface area contributed by atoms with E-state index in [0.29, 0.717) is 24.1 Å². The van der Waals surface area contributed by atoms with E-state index >= 15 is 0 Å². The van der Waals surface area contributed by atoms with Crippen LogP contribution in [0.5, 0.6) is 11.6 Å². The topological polar surface area (TPSA) is 77.8 Å². The zero-order valence-corrected chi connectivity index (χ0v) is 11.8. The van der Waals surface area contributed by atoms with E-state index in [2.05, 4.69) is 25.4 Å². The summed E-state index contributed by atoms with van der Waals surface area (Å²) >= 11 is 0. The van der Waals surface area contributed by atoms with Crippen molar-refractivity contribution in [2.24, 2.45) is 7.05 Å². The molecular weight excluding hydrogens is 287 g/mol. The van der Waals surface area contributed by atoms with E-state index in [1.807, 2.05) is 0 Å². The van der Waals surface area contributed by atoms with Gasteiger partial charge in [-0.25, -0.2) is 14.4 Å². The fourth-order valence-electron chi connectivity index (χ4n) is 1.75. The summed E-state index contributed by atoms with van der Waals surface area (Å²) in [6.45, 7) is 0.441. The molecule has 0 aliphatic heterocycles. The van der Waals surface area contributed by atoms with Crippen molar-refractivity contribution in [3.8, 4) is 11.6 Å². The smallest absolute Gasteiger partial charge is 0.226 e. The predicted octanol–water partition coefficient (Wildman–Crippen LogP) is 2.15. The summed E-state index contributed by atoms with van der Waals surface area (Å²) in [5, 5.41) is 7.02. The Kier molecular flexibility index (Phi) is 3.90. The molecule has 0 bridgehead atoms. The lowest BCUT2D eigenvalue weighted by Gasteiger charge is -2.07. The van der Waals surface area contributed by atoms with Crippen LogP contribution in [0, 0.1) is 5.82 Å². The number of hydrogen-bond donors (Lipinski definition) is 1. The highest BCUT2D eigenvalue weighted by Gasteiger charge is 2.04. The maximum absolute atomic E-state index is 12.9. The summed E-state index contributed by atoms with van der Waals surface area (Å²) in [5.74, 6) is 1.71. The van der Waals surface area contributed by atoms with E-state index in [-0.39, 0.29) is 5.82 Å². The molecule has 0 spiro atoms. The molecule has 0 atom stereocenters. The molecule has 0 amide bonds. The highest BCUT2D eigenvalue weighted by molar-refractivity contribution is 5.31. The van der Waals surface area contributed by atoms with Gasteiger partial charge in [0.05, 0.1) is 6.54 Å². The van der Waals surface area contributed by atoms with Crippen molar-refractivity contribution in [1.29, 1.82) is 0 Å². The Morgan fingerprint density at radius 3 is 2.73 bits per heavy atom. The summed E-state index contributed by atoms with van der Waals surface area (Å²) in [7, 11) is 1.80. The molecule has 0 saturated heterocycles. The maximum atomic E-state index is 12.9. The van der Waals surface area contributed by atoms with Crippen molar-refractivity contribution in [2.75, 3.05) is 5.32 Å². The Morgan fingerprint density at radius 1 is 1.18 bits per heavy atom. The van der Waals surface area contributed by atoms with Crippen LogP contribution in [0.25, 0.3) is 0 Å². The zero-order valence-electron chi connectivity index (χ0n) is 11.8. The molecule has 2 heterocycles. The third kappa shape index (κ3) is 3.35. The largest absolute Gasteiger partial charge is 0.439 e. The van der Waals surface area contributed by atoms with Gasteiger partial charge in [0.25, 0.3) is 0 Å². The minimum absolute atomic E-state index is 0.318. The van der Waals surface area contributed by atoms with Gasteiger partial charge in [-0.2, -0.15) is 10.1 Å². The van der Waals surface area contributed by atoms with Crippen molar-refractivity contribution in [3.05, 3.63) is 54.5 Å². The molecular formula is C14H13FN6O. The Morgan fingerprint density at radius 2 is 2.00 bits per heavy atom. The van der Waals surface area contributed by atoms with Gasteiger partial charge < -0.3 is 10.1 Å². The number of hydrogen-bond acceptors (Lipinski definition) is 6. The van der Waals surface area contributed by atoms with Crippen LogP contribution in [0.15, 0.2) is 42.9 Å². The number of anilines is 1.